The number of rotatable bonds is 7. The Hall–Kier alpha value is -2.74. The summed E-state index contributed by atoms with van der Waals surface area (Å²) in [6, 6.07) is 26.7. The van der Waals surface area contributed by atoms with Crippen molar-refractivity contribution in [3.63, 3.8) is 0 Å². The highest BCUT2D eigenvalue weighted by Crippen LogP contribution is 2.32. The predicted molar refractivity (Wildman–Crippen MR) is 111 cm³/mol. The largest absolute Gasteiger partial charge is 0.485 e. The lowest BCUT2D eigenvalue weighted by molar-refractivity contribution is 0.255. The fourth-order valence-electron chi connectivity index (χ4n) is 2.98. The molecule has 3 rings (SSSR count). The van der Waals surface area contributed by atoms with Crippen molar-refractivity contribution in [3.8, 4) is 11.5 Å². The molecule has 0 radical (unpaired) electrons. The smallest absolute Gasteiger partial charge is 0.161 e. The maximum absolute atomic E-state index is 6.14. The summed E-state index contributed by atoms with van der Waals surface area (Å²) in [5, 5.41) is 0. The topological polar surface area (TPSA) is 18.5 Å². The molecule has 2 nitrogen and oxygen atoms in total. The van der Waals surface area contributed by atoms with Crippen molar-refractivity contribution in [3.05, 3.63) is 95.6 Å². The van der Waals surface area contributed by atoms with Gasteiger partial charge >= 0.3 is 0 Å². The number of hydrogen-bond donors (Lipinski definition) is 0. The number of benzene rings is 3. The molecule has 140 valence electrons. The summed E-state index contributed by atoms with van der Waals surface area (Å²) in [5.74, 6) is 1.59. The van der Waals surface area contributed by atoms with Crippen LogP contribution in [-0.4, -0.2) is 0 Å². The molecular weight excluding hydrogens is 332 g/mol. The van der Waals surface area contributed by atoms with Crippen molar-refractivity contribution in [2.24, 2.45) is 5.41 Å². The first-order valence-electron chi connectivity index (χ1n) is 9.46. The Morgan fingerprint density at radius 1 is 0.593 bits per heavy atom. The molecule has 2 heteroatoms. The molecule has 0 bridgehead atoms. The van der Waals surface area contributed by atoms with Crippen LogP contribution in [0.1, 0.15) is 37.5 Å². The Morgan fingerprint density at radius 2 is 1.11 bits per heavy atom. The number of ether oxygens (including phenoxy) is 2. The van der Waals surface area contributed by atoms with Gasteiger partial charge in [-0.25, -0.2) is 0 Å². The average molecular weight is 360 g/mol. The molecule has 0 fully saturated rings. The molecule has 0 atom stereocenters. The third-order valence-corrected chi connectivity index (χ3v) is 4.22. The third kappa shape index (κ3) is 6.18. The van der Waals surface area contributed by atoms with Crippen LogP contribution in [-0.2, 0) is 19.6 Å². The van der Waals surface area contributed by atoms with Crippen molar-refractivity contribution >= 4 is 0 Å². The third-order valence-electron chi connectivity index (χ3n) is 4.22. The maximum atomic E-state index is 6.14. The van der Waals surface area contributed by atoms with Crippen LogP contribution in [0.25, 0.3) is 0 Å². The van der Waals surface area contributed by atoms with Gasteiger partial charge in [0.2, 0.25) is 0 Å². The van der Waals surface area contributed by atoms with Gasteiger partial charge in [0, 0.05) is 0 Å². The predicted octanol–water partition coefficient (Wildman–Crippen LogP) is 6.43. The molecular formula is C25H28O2. The van der Waals surface area contributed by atoms with E-state index in [1.165, 1.54) is 5.56 Å². The standard InChI is InChI=1S/C25H28O2/c1-25(2,3)17-22-14-15-23(26-18-20-10-6-4-7-11-20)24(16-22)27-19-21-12-8-5-9-13-21/h4-16H,17-19H2,1-3H3. The van der Waals surface area contributed by atoms with Crippen LogP contribution in [0.15, 0.2) is 78.9 Å². The molecule has 0 saturated heterocycles. The quantitative estimate of drug-likeness (QED) is 0.483. The minimum atomic E-state index is 0.225. The van der Waals surface area contributed by atoms with E-state index in [0.717, 1.165) is 29.0 Å². The Balaban J connectivity index is 1.77. The zero-order valence-electron chi connectivity index (χ0n) is 16.4. The van der Waals surface area contributed by atoms with Crippen molar-refractivity contribution in [2.45, 2.75) is 40.4 Å². The van der Waals surface area contributed by atoms with Crippen LogP contribution in [0, 0.1) is 5.41 Å². The summed E-state index contributed by atoms with van der Waals surface area (Å²) in [7, 11) is 0. The lowest BCUT2D eigenvalue weighted by atomic mass is 9.88. The first kappa shape index (κ1) is 19.0. The highest BCUT2D eigenvalue weighted by atomic mass is 16.5. The Kier molecular flexibility index (Phi) is 6.18. The van der Waals surface area contributed by atoms with E-state index in [1.54, 1.807) is 0 Å². The first-order valence-corrected chi connectivity index (χ1v) is 9.46. The second kappa shape index (κ2) is 8.77. The second-order valence-electron chi connectivity index (χ2n) is 8.07. The van der Waals surface area contributed by atoms with Crippen LogP contribution in [0.4, 0.5) is 0 Å². The van der Waals surface area contributed by atoms with Gasteiger partial charge in [0.15, 0.2) is 11.5 Å². The lowest BCUT2D eigenvalue weighted by Crippen LogP contribution is -2.09. The van der Waals surface area contributed by atoms with E-state index in [-0.39, 0.29) is 5.41 Å². The molecule has 0 aliphatic carbocycles. The Labute approximate surface area is 162 Å². The number of hydrogen-bond acceptors (Lipinski definition) is 2. The normalized spacial score (nSPS) is 11.2. The molecule has 0 N–H and O–H groups in total. The lowest BCUT2D eigenvalue weighted by Gasteiger charge is -2.20. The fourth-order valence-corrected chi connectivity index (χ4v) is 2.98. The molecule has 0 spiro atoms. The van der Waals surface area contributed by atoms with Crippen LogP contribution in [0.2, 0.25) is 0 Å². The molecule has 0 aliphatic heterocycles. The second-order valence-corrected chi connectivity index (χ2v) is 8.07. The van der Waals surface area contributed by atoms with Crippen LogP contribution in [0.3, 0.4) is 0 Å². The summed E-state index contributed by atoms with van der Waals surface area (Å²) >= 11 is 0. The molecule has 3 aromatic carbocycles. The van der Waals surface area contributed by atoms with Crippen molar-refractivity contribution in [2.75, 3.05) is 0 Å². The van der Waals surface area contributed by atoms with Crippen LogP contribution >= 0.6 is 0 Å². The molecule has 0 aliphatic rings. The summed E-state index contributed by atoms with van der Waals surface area (Å²) < 4.78 is 12.2. The zero-order chi connectivity index (χ0) is 19.1. The van der Waals surface area contributed by atoms with E-state index in [9.17, 15) is 0 Å². The van der Waals surface area contributed by atoms with Gasteiger partial charge in [-0.2, -0.15) is 0 Å². The van der Waals surface area contributed by atoms with Gasteiger partial charge in [-0.15, -0.1) is 0 Å². The summed E-state index contributed by atoms with van der Waals surface area (Å²) in [5.41, 5.74) is 3.78. The SMILES string of the molecule is CC(C)(C)Cc1ccc(OCc2ccccc2)c(OCc2ccccc2)c1. The van der Waals surface area contributed by atoms with E-state index in [4.69, 9.17) is 9.47 Å². The van der Waals surface area contributed by atoms with Crippen LogP contribution in [0.5, 0.6) is 11.5 Å². The average Bonchev–Trinajstić information content (AvgIpc) is 2.66. The maximum Gasteiger partial charge on any atom is 0.161 e. The molecule has 3 aromatic rings. The molecule has 0 saturated carbocycles. The van der Waals surface area contributed by atoms with E-state index < -0.39 is 0 Å². The zero-order valence-corrected chi connectivity index (χ0v) is 16.4. The van der Waals surface area contributed by atoms with Gasteiger partial charge in [-0.05, 0) is 40.7 Å². The highest BCUT2D eigenvalue weighted by molar-refractivity contribution is 5.43. The Morgan fingerprint density at radius 3 is 1.63 bits per heavy atom. The van der Waals surface area contributed by atoms with Gasteiger partial charge < -0.3 is 9.47 Å². The summed E-state index contributed by atoms with van der Waals surface area (Å²) in [6.07, 6.45) is 0.994. The molecule has 0 amide bonds. The van der Waals surface area contributed by atoms with Gasteiger partial charge in [0.25, 0.3) is 0 Å². The van der Waals surface area contributed by atoms with E-state index >= 15 is 0 Å². The molecule has 27 heavy (non-hydrogen) atoms. The van der Waals surface area contributed by atoms with E-state index in [2.05, 4.69) is 57.2 Å². The van der Waals surface area contributed by atoms with Gasteiger partial charge in [0.05, 0.1) is 0 Å². The van der Waals surface area contributed by atoms with Gasteiger partial charge in [-0.3, -0.25) is 0 Å². The minimum absolute atomic E-state index is 0.225. The minimum Gasteiger partial charge on any atom is -0.485 e. The van der Waals surface area contributed by atoms with Crippen LogP contribution < -0.4 is 9.47 Å². The van der Waals surface area contributed by atoms with Gasteiger partial charge in [0.1, 0.15) is 13.2 Å². The van der Waals surface area contributed by atoms with Crippen molar-refractivity contribution in [1.29, 1.82) is 0 Å². The monoisotopic (exact) mass is 360 g/mol. The van der Waals surface area contributed by atoms with Crippen molar-refractivity contribution < 1.29 is 9.47 Å². The summed E-state index contributed by atoms with van der Waals surface area (Å²) in [4.78, 5) is 0. The molecule has 0 aromatic heterocycles. The molecule has 0 heterocycles. The van der Waals surface area contributed by atoms with Crippen molar-refractivity contribution in [1.82, 2.24) is 0 Å². The Bertz CT molecular complexity index is 833. The van der Waals surface area contributed by atoms with Gasteiger partial charge in [-0.1, -0.05) is 87.5 Å². The van der Waals surface area contributed by atoms with E-state index in [1.807, 2.05) is 42.5 Å². The highest BCUT2D eigenvalue weighted by Gasteiger charge is 2.14. The van der Waals surface area contributed by atoms with E-state index in [0.29, 0.717) is 13.2 Å². The first-order chi connectivity index (χ1) is 13.0. The summed E-state index contributed by atoms with van der Waals surface area (Å²) in [6.45, 7) is 7.80. The molecule has 0 unspecified atom stereocenters. The fraction of sp³-hybridized carbons (Fsp3) is 0.280.